The summed E-state index contributed by atoms with van der Waals surface area (Å²) in [5, 5.41) is 4.17. The number of hydrazone groups is 1. The van der Waals surface area contributed by atoms with Crippen LogP contribution in [0, 0.1) is 6.92 Å². The van der Waals surface area contributed by atoms with Crippen LogP contribution in [0.4, 0.5) is 0 Å². The fourth-order valence-corrected chi connectivity index (χ4v) is 4.63. The van der Waals surface area contributed by atoms with Crippen molar-refractivity contribution in [2.75, 3.05) is 12.4 Å². The minimum Gasteiger partial charge on any atom is -0.483 e. The van der Waals surface area contributed by atoms with Crippen LogP contribution in [0.15, 0.2) is 51.9 Å². The van der Waals surface area contributed by atoms with Crippen molar-refractivity contribution < 1.29 is 9.53 Å². The van der Waals surface area contributed by atoms with Crippen LogP contribution < -0.4 is 10.2 Å². The first-order chi connectivity index (χ1) is 13.9. The second kappa shape index (κ2) is 9.89. The summed E-state index contributed by atoms with van der Waals surface area (Å²) < 4.78 is 7.91. The Morgan fingerprint density at radius 2 is 2.07 bits per heavy atom. The van der Waals surface area contributed by atoms with Gasteiger partial charge >= 0.3 is 0 Å². The Hall–Kier alpha value is -2.38. The van der Waals surface area contributed by atoms with E-state index in [9.17, 15) is 4.79 Å². The van der Waals surface area contributed by atoms with Crippen molar-refractivity contribution in [1.82, 2.24) is 10.4 Å². The largest absolute Gasteiger partial charge is 0.483 e. The summed E-state index contributed by atoms with van der Waals surface area (Å²) in [4.78, 5) is 16.7. The van der Waals surface area contributed by atoms with Gasteiger partial charge in [0.1, 0.15) is 5.75 Å². The molecule has 0 aliphatic heterocycles. The van der Waals surface area contributed by atoms with Crippen molar-refractivity contribution in [3.05, 3.63) is 53.6 Å². The van der Waals surface area contributed by atoms with Crippen LogP contribution in [-0.2, 0) is 4.79 Å². The van der Waals surface area contributed by atoms with E-state index in [2.05, 4.69) is 47.6 Å². The number of fused-ring (bicyclic) bond motifs is 1. The zero-order valence-electron chi connectivity index (χ0n) is 17.1. The molecule has 3 rings (SSSR count). The summed E-state index contributed by atoms with van der Waals surface area (Å²) in [6.07, 6.45) is 0. The molecule has 0 bridgehead atoms. The highest BCUT2D eigenvalue weighted by Gasteiger charge is 2.10. The van der Waals surface area contributed by atoms with Crippen molar-refractivity contribution in [3.63, 3.8) is 0 Å². The Balaban J connectivity index is 1.49. The third-order valence-electron chi connectivity index (χ3n) is 4.20. The monoisotopic (exact) mass is 427 g/mol. The van der Waals surface area contributed by atoms with Crippen LogP contribution in [0.3, 0.4) is 0 Å². The van der Waals surface area contributed by atoms with E-state index < -0.39 is 0 Å². The van der Waals surface area contributed by atoms with Gasteiger partial charge < -0.3 is 4.74 Å². The molecule has 0 radical (unpaired) electrons. The number of carbonyl (C=O) groups is 1. The van der Waals surface area contributed by atoms with E-state index in [0.717, 1.165) is 32.4 Å². The highest BCUT2D eigenvalue weighted by molar-refractivity contribution is 8.01. The van der Waals surface area contributed by atoms with Gasteiger partial charge in [-0.2, -0.15) is 5.10 Å². The van der Waals surface area contributed by atoms with Crippen LogP contribution in [0.1, 0.15) is 37.8 Å². The summed E-state index contributed by atoms with van der Waals surface area (Å²) in [6, 6.07) is 14.1. The van der Waals surface area contributed by atoms with Crippen molar-refractivity contribution in [2.45, 2.75) is 38.0 Å². The maximum Gasteiger partial charge on any atom is 0.277 e. The molecular weight excluding hydrogens is 402 g/mol. The molecule has 1 aromatic heterocycles. The summed E-state index contributed by atoms with van der Waals surface area (Å²) in [5.74, 6) is 1.47. The number of thioether (sulfide) groups is 1. The quantitative estimate of drug-likeness (QED) is 0.297. The van der Waals surface area contributed by atoms with Crippen molar-refractivity contribution in [2.24, 2.45) is 5.10 Å². The fourth-order valence-electron chi connectivity index (χ4n) is 2.69. The highest BCUT2D eigenvalue weighted by atomic mass is 32.2. The molecule has 0 aliphatic carbocycles. The number of rotatable bonds is 8. The molecule has 5 nitrogen and oxygen atoms in total. The van der Waals surface area contributed by atoms with Gasteiger partial charge in [0.15, 0.2) is 10.9 Å². The lowest BCUT2D eigenvalue weighted by molar-refractivity contribution is -0.123. The lowest BCUT2D eigenvalue weighted by atomic mass is 10.0. The summed E-state index contributed by atoms with van der Waals surface area (Å²) >= 11 is 3.28. The lowest BCUT2D eigenvalue weighted by Crippen LogP contribution is -2.26. The van der Waals surface area contributed by atoms with Gasteiger partial charge in [-0.15, -0.1) is 11.3 Å². The molecule has 0 atom stereocenters. The Morgan fingerprint density at radius 3 is 2.83 bits per heavy atom. The second-order valence-corrected chi connectivity index (χ2v) is 9.36. The number of para-hydroxylation sites is 1. The Morgan fingerprint density at radius 1 is 1.28 bits per heavy atom. The first-order valence-corrected chi connectivity index (χ1v) is 11.3. The number of nitrogens with zero attached hydrogens (tertiary/aromatic N) is 2. The van der Waals surface area contributed by atoms with Crippen molar-refractivity contribution in [3.8, 4) is 5.75 Å². The minimum absolute atomic E-state index is 0.0645. The summed E-state index contributed by atoms with van der Waals surface area (Å²) in [5.41, 5.74) is 6.60. The van der Waals surface area contributed by atoms with E-state index >= 15 is 0 Å². The van der Waals surface area contributed by atoms with Gasteiger partial charge in [0.25, 0.3) is 5.91 Å². The molecular formula is C22H25N3O2S2. The summed E-state index contributed by atoms with van der Waals surface area (Å²) in [6.45, 7) is 8.04. The molecule has 1 heterocycles. The first-order valence-electron chi connectivity index (χ1n) is 9.46. The van der Waals surface area contributed by atoms with E-state index in [1.165, 1.54) is 4.70 Å². The van der Waals surface area contributed by atoms with Gasteiger partial charge in [0, 0.05) is 11.5 Å². The lowest BCUT2D eigenvalue weighted by Gasteiger charge is -2.14. The third-order valence-corrected chi connectivity index (χ3v) is 6.54. The molecule has 0 aliphatic rings. The van der Waals surface area contributed by atoms with Crippen LogP contribution >= 0.6 is 23.1 Å². The van der Waals surface area contributed by atoms with E-state index in [-0.39, 0.29) is 12.5 Å². The third kappa shape index (κ3) is 6.05. The number of ether oxygens (including phenoxy) is 1. The molecule has 2 aromatic carbocycles. The standard InChI is InChI=1S/C22H25N3O2S2/c1-14(2)17-10-9-15(3)11-19(17)27-12-21(26)25-24-16(4)13-28-22-23-18-7-5-6-8-20(18)29-22/h5-11,14H,12-13H2,1-4H3,(H,25,26). The number of aromatic nitrogens is 1. The average Bonchev–Trinajstić information content (AvgIpc) is 3.12. The van der Waals surface area contributed by atoms with E-state index in [4.69, 9.17) is 4.74 Å². The smallest absolute Gasteiger partial charge is 0.277 e. The van der Waals surface area contributed by atoms with Crippen molar-refractivity contribution in [1.29, 1.82) is 0 Å². The van der Waals surface area contributed by atoms with Gasteiger partial charge in [0.05, 0.1) is 10.2 Å². The molecule has 0 fully saturated rings. The SMILES string of the molecule is CC(CSc1nc2ccccc2s1)=NNC(=O)COc1cc(C)ccc1C(C)C. The predicted octanol–water partition coefficient (Wildman–Crippen LogP) is 5.39. The van der Waals surface area contributed by atoms with Gasteiger partial charge in [-0.05, 0) is 49.1 Å². The van der Waals surface area contributed by atoms with Crippen LogP contribution in [0.2, 0.25) is 0 Å². The number of nitrogens with one attached hydrogen (secondary N) is 1. The molecule has 29 heavy (non-hydrogen) atoms. The van der Waals surface area contributed by atoms with Gasteiger partial charge in [0.2, 0.25) is 0 Å². The molecule has 0 spiro atoms. The molecule has 0 unspecified atom stereocenters. The van der Waals surface area contributed by atoms with Crippen molar-refractivity contribution >= 4 is 44.9 Å². The molecule has 0 saturated carbocycles. The van der Waals surface area contributed by atoms with Gasteiger partial charge in [-0.25, -0.2) is 10.4 Å². The number of amides is 1. The van der Waals surface area contributed by atoms with Gasteiger partial charge in [-0.1, -0.05) is 49.9 Å². The molecule has 1 amide bonds. The van der Waals surface area contributed by atoms with Crippen LogP contribution in [0.25, 0.3) is 10.2 Å². The fraction of sp³-hybridized carbons (Fsp3) is 0.318. The Bertz CT molecular complexity index is 995. The number of hydrogen-bond acceptors (Lipinski definition) is 6. The molecule has 0 saturated heterocycles. The topological polar surface area (TPSA) is 63.6 Å². The molecule has 152 valence electrons. The normalized spacial score (nSPS) is 11.8. The maximum atomic E-state index is 12.1. The zero-order chi connectivity index (χ0) is 20.8. The van der Waals surface area contributed by atoms with Crippen LogP contribution in [0.5, 0.6) is 5.75 Å². The van der Waals surface area contributed by atoms with Gasteiger partial charge in [-0.3, -0.25) is 4.79 Å². The van der Waals surface area contributed by atoms with E-state index in [1.807, 2.05) is 38.1 Å². The molecule has 7 heteroatoms. The number of thiazole rings is 1. The highest BCUT2D eigenvalue weighted by Crippen LogP contribution is 2.29. The number of benzene rings is 2. The zero-order valence-corrected chi connectivity index (χ0v) is 18.7. The molecule has 1 N–H and O–H groups in total. The van der Waals surface area contributed by atoms with E-state index in [0.29, 0.717) is 11.7 Å². The van der Waals surface area contributed by atoms with E-state index in [1.54, 1.807) is 23.1 Å². The Labute approximate surface area is 179 Å². The second-order valence-electron chi connectivity index (χ2n) is 7.10. The molecule has 3 aromatic rings. The predicted molar refractivity (Wildman–Crippen MR) is 122 cm³/mol. The number of hydrogen-bond donors (Lipinski definition) is 1. The summed E-state index contributed by atoms with van der Waals surface area (Å²) in [7, 11) is 0. The Kier molecular flexibility index (Phi) is 7.28. The van der Waals surface area contributed by atoms with Crippen LogP contribution in [-0.4, -0.2) is 29.0 Å². The number of aryl methyl sites for hydroxylation is 1. The average molecular weight is 428 g/mol. The minimum atomic E-state index is -0.273. The first kappa shape index (κ1) is 21.3. The maximum absolute atomic E-state index is 12.1. The number of carbonyl (C=O) groups excluding carboxylic acids is 1.